The van der Waals surface area contributed by atoms with E-state index in [2.05, 4.69) is 52.5 Å². The number of benzene rings is 1. The van der Waals surface area contributed by atoms with Crippen LogP contribution in [0.2, 0.25) is 0 Å². The fourth-order valence-corrected chi connectivity index (χ4v) is 2.72. The molecule has 0 amide bonds. The highest BCUT2D eigenvalue weighted by Crippen LogP contribution is 2.26. The van der Waals surface area contributed by atoms with Gasteiger partial charge in [0, 0.05) is 28.2 Å². The molecule has 0 atom stereocenters. The molecule has 0 aliphatic rings. The van der Waals surface area contributed by atoms with Crippen LogP contribution in [0.3, 0.4) is 0 Å². The van der Waals surface area contributed by atoms with E-state index >= 15 is 0 Å². The van der Waals surface area contributed by atoms with Crippen LogP contribution in [-0.2, 0) is 6.42 Å². The maximum atomic E-state index is 9.17. The summed E-state index contributed by atoms with van der Waals surface area (Å²) in [5.41, 5.74) is 4.71. The van der Waals surface area contributed by atoms with Gasteiger partial charge in [-0.15, -0.1) is 0 Å². The SMILES string of the molecule is Cc1ccc(C)n1-c1cccc(Br)c1CCO. The fourth-order valence-electron chi connectivity index (χ4n) is 2.16. The second-order valence-electron chi connectivity index (χ2n) is 4.16. The number of aryl methyl sites for hydroxylation is 2. The number of aliphatic hydroxyl groups excluding tert-OH is 1. The van der Waals surface area contributed by atoms with Gasteiger partial charge in [0.05, 0.1) is 0 Å². The largest absolute Gasteiger partial charge is 0.396 e. The van der Waals surface area contributed by atoms with Gasteiger partial charge in [-0.2, -0.15) is 0 Å². The van der Waals surface area contributed by atoms with Crippen molar-refractivity contribution in [2.75, 3.05) is 6.61 Å². The zero-order valence-electron chi connectivity index (χ0n) is 10.1. The third-order valence-corrected chi connectivity index (χ3v) is 3.71. The maximum absolute atomic E-state index is 9.17. The van der Waals surface area contributed by atoms with E-state index in [1.807, 2.05) is 12.1 Å². The second kappa shape index (κ2) is 5.07. The van der Waals surface area contributed by atoms with Gasteiger partial charge >= 0.3 is 0 Å². The first kappa shape index (κ1) is 12.4. The molecule has 0 saturated carbocycles. The molecule has 0 bridgehead atoms. The molecule has 1 aromatic carbocycles. The molecule has 0 unspecified atom stereocenters. The smallest absolute Gasteiger partial charge is 0.0499 e. The normalized spacial score (nSPS) is 10.8. The fraction of sp³-hybridized carbons (Fsp3) is 0.286. The first-order chi connectivity index (χ1) is 8.15. The number of halogens is 1. The Morgan fingerprint density at radius 1 is 1.12 bits per heavy atom. The zero-order valence-corrected chi connectivity index (χ0v) is 11.7. The Bertz CT molecular complexity index is 512. The molecular formula is C14H16BrNO. The molecule has 1 N–H and O–H groups in total. The summed E-state index contributed by atoms with van der Waals surface area (Å²) in [5.74, 6) is 0. The van der Waals surface area contributed by atoms with Crippen molar-refractivity contribution in [1.82, 2.24) is 4.57 Å². The summed E-state index contributed by atoms with van der Waals surface area (Å²) in [7, 11) is 0. The highest BCUT2D eigenvalue weighted by atomic mass is 79.9. The van der Waals surface area contributed by atoms with Gasteiger partial charge in [0.2, 0.25) is 0 Å². The van der Waals surface area contributed by atoms with Crippen LogP contribution in [0.15, 0.2) is 34.8 Å². The van der Waals surface area contributed by atoms with E-state index in [4.69, 9.17) is 0 Å². The molecule has 2 rings (SSSR count). The van der Waals surface area contributed by atoms with Gasteiger partial charge in [0.1, 0.15) is 0 Å². The van der Waals surface area contributed by atoms with Crippen molar-refractivity contribution in [2.24, 2.45) is 0 Å². The number of aromatic nitrogens is 1. The summed E-state index contributed by atoms with van der Waals surface area (Å²) in [6.45, 7) is 4.35. The van der Waals surface area contributed by atoms with Crippen molar-refractivity contribution >= 4 is 15.9 Å². The number of nitrogens with zero attached hydrogens (tertiary/aromatic N) is 1. The van der Waals surface area contributed by atoms with E-state index < -0.39 is 0 Å². The summed E-state index contributed by atoms with van der Waals surface area (Å²) >= 11 is 3.56. The van der Waals surface area contributed by atoms with E-state index in [9.17, 15) is 5.11 Å². The molecule has 0 aliphatic heterocycles. The minimum Gasteiger partial charge on any atom is -0.396 e. The summed E-state index contributed by atoms with van der Waals surface area (Å²) in [6, 6.07) is 10.4. The minimum absolute atomic E-state index is 0.162. The van der Waals surface area contributed by atoms with Crippen LogP contribution in [0.25, 0.3) is 5.69 Å². The van der Waals surface area contributed by atoms with Gasteiger partial charge in [0.15, 0.2) is 0 Å². The molecule has 17 heavy (non-hydrogen) atoms. The molecule has 2 aromatic rings. The lowest BCUT2D eigenvalue weighted by atomic mass is 10.1. The predicted octanol–water partition coefficient (Wildman–Crippen LogP) is 3.39. The van der Waals surface area contributed by atoms with Crippen molar-refractivity contribution < 1.29 is 5.11 Å². The molecule has 90 valence electrons. The molecule has 0 radical (unpaired) electrons. The van der Waals surface area contributed by atoms with E-state index in [0.717, 1.165) is 15.7 Å². The van der Waals surface area contributed by atoms with Gasteiger partial charge < -0.3 is 9.67 Å². The molecule has 0 spiro atoms. The van der Waals surface area contributed by atoms with Crippen LogP contribution in [0.5, 0.6) is 0 Å². The number of rotatable bonds is 3. The van der Waals surface area contributed by atoms with Crippen LogP contribution in [0.4, 0.5) is 0 Å². The molecule has 2 nitrogen and oxygen atoms in total. The highest BCUT2D eigenvalue weighted by Gasteiger charge is 2.11. The molecule has 1 aromatic heterocycles. The van der Waals surface area contributed by atoms with E-state index in [-0.39, 0.29) is 6.61 Å². The van der Waals surface area contributed by atoms with Crippen LogP contribution < -0.4 is 0 Å². The third kappa shape index (κ3) is 2.31. The van der Waals surface area contributed by atoms with Gasteiger partial charge in [0.25, 0.3) is 0 Å². The summed E-state index contributed by atoms with van der Waals surface area (Å²) in [6.07, 6.45) is 0.661. The average Bonchev–Trinajstić information content (AvgIpc) is 2.62. The first-order valence-corrected chi connectivity index (χ1v) is 6.48. The van der Waals surface area contributed by atoms with Gasteiger partial charge in [-0.25, -0.2) is 0 Å². The molecular weight excluding hydrogens is 278 g/mol. The van der Waals surface area contributed by atoms with Gasteiger partial charge in [-0.05, 0) is 50.1 Å². The van der Waals surface area contributed by atoms with Crippen LogP contribution in [-0.4, -0.2) is 16.3 Å². The minimum atomic E-state index is 0.162. The standard InChI is InChI=1S/C14H16BrNO/c1-10-6-7-11(2)16(10)14-5-3-4-13(15)12(14)8-9-17/h3-7,17H,8-9H2,1-2H3. The second-order valence-corrected chi connectivity index (χ2v) is 5.02. The number of hydrogen-bond donors (Lipinski definition) is 1. The maximum Gasteiger partial charge on any atom is 0.0499 e. The Morgan fingerprint density at radius 2 is 1.76 bits per heavy atom. The Hall–Kier alpha value is -1.06. The number of hydrogen-bond acceptors (Lipinski definition) is 1. The van der Waals surface area contributed by atoms with Gasteiger partial charge in [-0.3, -0.25) is 0 Å². The highest BCUT2D eigenvalue weighted by molar-refractivity contribution is 9.10. The van der Waals surface area contributed by atoms with Crippen LogP contribution in [0.1, 0.15) is 17.0 Å². The molecule has 0 saturated heterocycles. The van der Waals surface area contributed by atoms with E-state index in [1.165, 1.54) is 11.4 Å². The van der Waals surface area contributed by atoms with E-state index in [1.54, 1.807) is 0 Å². The lowest BCUT2D eigenvalue weighted by Gasteiger charge is -2.15. The van der Waals surface area contributed by atoms with Crippen LogP contribution >= 0.6 is 15.9 Å². The van der Waals surface area contributed by atoms with Crippen molar-refractivity contribution in [3.05, 3.63) is 51.8 Å². The lowest BCUT2D eigenvalue weighted by Crippen LogP contribution is -2.05. The average molecular weight is 294 g/mol. The van der Waals surface area contributed by atoms with Crippen molar-refractivity contribution in [2.45, 2.75) is 20.3 Å². The molecule has 0 fully saturated rings. The Kier molecular flexibility index (Phi) is 3.69. The summed E-state index contributed by atoms with van der Waals surface area (Å²) in [4.78, 5) is 0. The monoisotopic (exact) mass is 293 g/mol. The zero-order chi connectivity index (χ0) is 12.4. The quantitative estimate of drug-likeness (QED) is 0.922. The molecule has 3 heteroatoms. The topological polar surface area (TPSA) is 25.2 Å². The summed E-state index contributed by atoms with van der Waals surface area (Å²) in [5, 5.41) is 9.17. The first-order valence-electron chi connectivity index (χ1n) is 5.68. The predicted molar refractivity (Wildman–Crippen MR) is 73.7 cm³/mol. The van der Waals surface area contributed by atoms with Gasteiger partial charge in [-0.1, -0.05) is 22.0 Å². The lowest BCUT2D eigenvalue weighted by molar-refractivity contribution is 0.299. The Balaban J connectivity index is 2.63. The number of aliphatic hydroxyl groups is 1. The van der Waals surface area contributed by atoms with Crippen molar-refractivity contribution in [1.29, 1.82) is 0 Å². The summed E-state index contributed by atoms with van der Waals surface area (Å²) < 4.78 is 3.27. The van der Waals surface area contributed by atoms with E-state index in [0.29, 0.717) is 6.42 Å². The van der Waals surface area contributed by atoms with Crippen molar-refractivity contribution in [3.63, 3.8) is 0 Å². The van der Waals surface area contributed by atoms with Crippen LogP contribution in [0, 0.1) is 13.8 Å². The molecule has 1 heterocycles. The third-order valence-electron chi connectivity index (χ3n) is 2.97. The Labute approximate surface area is 110 Å². The molecule has 0 aliphatic carbocycles. The van der Waals surface area contributed by atoms with Crippen molar-refractivity contribution in [3.8, 4) is 5.69 Å². The Morgan fingerprint density at radius 3 is 2.35 bits per heavy atom.